The molecule has 0 radical (unpaired) electrons. The zero-order valence-corrected chi connectivity index (χ0v) is 12.3. The lowest BCUT2D eigenvalue weighted by atomic mass is 10.1. The number of rotatable bonds is 8. The number of ether oxygens (including phenoxy) is 2. The SMILES string of the molecule is CC(C)=COCCCCOC(=O)c1ccccc1C(=O)O. The molecule has 0 saturated heterocycles. The molecule has 0 bridgehead atoms. The largest absolute Gasteiger partial charge is 0.501 e. The molecule has 114 valence electrons. The van der Waals surface area contributed by atoms with E-state index in [1.54, 1.807) is 18.4 Å². The summed E-state index contributed by atoms with van der Waals surface area (Å²) in [5.74, 6) is -1.75. The third kappa shape index (κ3) is 6.12. The van der Waals surface area contributed by atoms with Crippen LogP contribution in [0, 0.1) is 0 Å². The van der Waals surface area contributed by atoms with Crippen molar-refractivity contribution in [1.29, 1.82) is 0 Å². The Kier molecular flexibility index (Phi) is 7.01. The lowest BCUT2D eigenvalue weighted by Gasteiger charge is -2.07. The molecule has 0 aliphatic carbocycles. The summed E-state index contributed by atoms with van der Waals surface area (Å²) >= 11 is 0. The molecular formula is C16H20O5. The molecule has 5 nitrogen and oxygen atoms in total. The third-order valence-electron chi connectivity index (χ3n) is 2.59. The molecule has 0 amide bonds. The first-order chi connectivity index (χ1) is 10.0. The van der Waals surface area contributed by atoms with Gasteiger partial charge in [0.2, 0.25) is 0 Å². The van der Waals surface area contributed by atoms with Gasteiger partial charge in [-0.25, -0.2) is 9.59 Å². The Morgan fingerprint density at radius 1 is 1.10 bits per heavy atom. The second kappa shape index (κ2) is 8.79. The lowest BCUT2D eigenvalue weighted by Crippen LogP contribution is -2.12. The van der Waals surface area contributed by atoms with E-state index in [4.69, 9.17) is 14.6 Å². The first kappa shape index (κ1) is 16.8. The van der Waals surface area contributed by atoms with Crippen molar-refractivity contribution in [3.63, 3.8) is 0 Å². The third-order valence-corrected chi connectivity index (χ3v) is 2.59. The fourth-order valence-corrected chi connectivity index (χ4v) is 1.60. The Morgan fingerprint density at radius 2 is 1.71 bits per heavy atom. The number of carboxylic acids is 1. The quantitative estimate of drug-likeness (QED) is 0.452. The van der Waals surface area contributed by atoms with E-state index < -0.39 is 11.9 Å². The molecule has 0 aliphatic rings. The van der Waals surface area contributed by atoms with E-state index in [9.17, 15) is 9.59 Å². The van der Waals surface area contributed by atoms with Gasteiger partial charge in [-0.3, -0.25) is 0 Å². The summed E-state index contributed by atoms with van der Waals surface area (Å²) in [7, 11) is 0. The minimum atomic E-state index is -1.14. The number of carbonyl (C=O) groups excluding carboxylic acids is 1. The van der Waals surface area contributed by atoms with E-state index >= 15 is 0 Å². The summed E-state index contributed by atoms with van der Waals surface area (Å²) in [4.78, 5) is 22.8. The van der Waals surface area contributed by atoms with Crippen LogP contribution < -0.4 is 0 Å². The molecule has 0 saturated carbocycles. The van der Waals surface area contributed by atoms with Crippen LogP contribution in [0.25, 0.3) is 0 Å². The predicted molar refractivity (Wildman–Crippen MR) is 78.3 cm³/mol. The van der Waals surface area contributed by atoms with Crippen molar-refractivity contribution in [3.05, 3.63) is 47.2 Å². The molecule has 0 fully saturated rings. The fraction of sp³-hybridized carbons (Fsp3) is 0.375. The Bertz CT molecular complexity index is 515. The summed E-state index contributed by atoms with van der Waals surface area (Å²) in [6, 6.07) is 6.01. The van der Waals surface area contributed by atoms with E-state index in [0.29, 0.717) is 13.0 Å². The molecule has 1 aromatic rings. The molecule has 0 atom stereocenters. The second-order valence-corrected chi connectivity index (χ2v) is 4.76. The summed E-state index contributed by atoms with van der Waals surface area (Å²) in [6.45, 7) is 4.70. The van der Waals surface area contributed by atoms with Crippen LogP contribution in [0.3, 0.4) is 0 Å². The van der Waals surface area contributed by atoms with Gasteiger partial charge in [-0.15, -0.1) is 0 Å². The fourth-order valence-electron chi connectivity index (χ4n) is 1.60. The zero-order chi connectivity index (χ0) is 15.7. The minimum absolute atomic E-state index is 0.0469. The average molecular weight is 292 g/mol. The molecular weight excluding hydrogens is 272 g/mol. The number of hydrogen-bond acceptors (Lipinski definition) is 4. The van der Waals surface area contributed by atoms with Gasteiger partial charge in [0, 0.05) is 0 Å². The maximum Gasteiger partial charge on any atom is 0.339 e. The molecule has 0 heterocycles. The number of esters is 1. The first-order valence-corrected chi connectivity index (χ1v) is 6.77. The van der Waals surface area contributed by atoms with Crippen LogP contribution in [-0.2, 0) is 9.47 Å². The van der Waals surface area contributed by atoms with Crippen LogP contribution in [0.15, 0.2) is 36.1 Å². The highest BCUT2D eigenvalue weighted by molar-refractivity contribution is 6.02. The maximum absolute atomic E-state index is 11.8. The van der Waals surface area contributed by atoms with Gasteiger partial charge in [0.05, 0.1) is 30.6 Å². The molecule has 1 rings (SSSR count). The summed E-state index contributed by atoms with van der Waals surface area (Å²) < 4.78 is 10.3. The van der Waals surface area contributed by atoms with Crippen molar-refractivity contribution in [1.82, 2.24) is 0 Å². The van der Waals surface area contributed by atoms with Crippen LogP contribution in [0.1, 0.15) is 47.4 Å². The predicted octanol–water partition coefficient (Wildman–Crippen LogP) is 3.26. The summed E-state index contributed by atoms with van der Waals surface area (Å²) in [5.41, 5.74) is 1.12. The van der Waals surface area contributed by atoms with E-state index in [-0.39, 0.29) is 17.7 Å². The van der Waals surface area contributed by atoms with Crippen LogP contribution in [-0.4, -0.2) is 30.3 Å². The number of hydrogen-bond donors (Lipinski definition) is 1. The van der Waals surface area contributed by atoms with Gasteiger partial charge in [-0.2, -0.15) is 0 Å². The lowest BCUT2D eigenvalue weighted by molar-refractivity contribution is 0.0482. The molecule has 0 spiro atoms. The van der Waals surface area contributed by atoms with E-state index in [2.05, 4.69) is 0 Å². The topological polar surface area (TPSA) is 72.8 Å². The molecule has 0 aliphatic heterocycles. The number of allylic oxidation sites excluding steroid dienone is 1. The van der Waals surface area contributed by atoms with Gasteiger partial charge in [-0.1, -0.05) is 12.1 Å². The smallest absolute Gasteiger partial charge is 0.339 e. The van der Waals surface area contributed by atoms with Crippen molar-refractivity contribution in [2.45, 2.75) is 26.7 Å². The standard InChI is InChI=1S/C16H20O5/c1-12(2)11-20-9-5-6-10-21-16(19)14-8-4-3-7-13(14)15(17)18/h3-4,7-8,11H,5-6,9-10H2,1-2H3,(H,17,18). The molecule has 5 heteroatoms. The van der Waals surface area contributed by atoms with Crippen LogP contribution in [0.2, 0.25) is 0 Å². The Balaban J connectivity index is 2.35. The molecule has 0 aromatic heterocycles. The summed E-state index contributed by atoms with van der Waals surface area (Å²) in [6.07, 6.45) is 3.12. The monoisotopic (exact) mass is 292 g/mol. The Labute approximate surface area is 124 Å². The highest BCUT2D eigenvalue weighted by Crippen LogP contribution is 2.10. The molecule has 1 N–H and O–H groups in total. The van der Waals surface area contributed by atoms with Gasteiger partial charge >= 0.3 is 11.9 Å². The molecule has 21 heavy (non-hydrogen) atoms. The number of carboxylic acid groups (broad SMARTS) is 1. The zero-order valence-electron chi connectivity index (χ0n) is 12.3. The van der Waals surface area contributed by atoms with Gasteiger partial charge in [0.1, 0.15) is 0 Å². The second-order valence-electron chi connectivity index (χ2n) is 4.76. The first-order valence-electron chi connectivity index (χ1n) is 6.77. The molecule has 0 unspecified atom stereocenters. The number of carbonyl (C=O) groups is 2. The highest BCUT2D eigenvalue weighted by atomic mass is 16.5. The normalized spacial score (nSPS) is 9.81. The van der Waals surface area contributed by atoms with Crippen molar-refractivity contribution >= 4 is 11.9 Å². The number of aromatic carboxylic acids is 1. The Morgan fingerprint density at radius 3 is 2.33 bits per heavy atom. The van der Waals surface area contributed by atoms with E-state index in [1.807, 2.05) is 13.8 Å². The van der Waals surface area contributed by atoms with Crippen LogP contribution in [0.5, 0.6) is 0 Å². The van der Waals surface area contributed by atoms with Crippen molar-refractivity contribution in [3.8, 4) is 0 Å². The van der Waals surface area contributed by atoms with Crippen LogP contribution in [0.4, 0.5) is 0 Å². The van der Waals surface area contributed by atoms with Crippen molar-refractivity contribution < 1.29 is 24.2 Å². The molecule has 1 aromatic carbocycles. The summed E-state index contributed by atoms with van der Waals surface area (Å²) in [5, 5.41) is 9.00. The van der Waals surface area contributed by atoms with Gasteiger partial charge in [0.15, 0.2) is 0 Å². The number of unbranched alkanes of at least 4 members (excludes halogenated alkanes) is 1. The van der Waals surface area contributed by atoms with Crippen molar-refractivity contribution in [2.24, 2.45) is 0 Å². The van der Waals surface area contributed by atoms with Crippen molar-refractivity contribution in [2.75, 3.05) is 13.2 Å². The Hall–Kier alpha value is -2.30. The maximum atomic E-state index is 11.8. The van der Waals surface area contributed by atoms with Gasteiger partial charge < -0.3 is 14.6 Å². The van der Waals surface area contributed by atoms with E-state index in [1.165, 1.54) is 12.1 Å². The minimum Gasteiger partial charge on any atom is -0.501 e. The van der Waals surface area contributed by atoms with E-state index in [0.717, 1.165) is 12.0 Å². The van der Waals surface area contributed by atoms with Crippen LogP contribution >= 0.6 is 0 Å². The number of benzene rings is 1. The highest BCUT2D eigenvalue weighted by Gasteiger charge is 2.16. The van der Waals surface area contributed by atoms with Gasteiger partial charge in [-0.05, 0) is 44.4 Å². The van der Waals surface area contributed by atoms with Gasteiger partial charge in [0.25, 0.3) is 0 Å². The average Bonchev–Trinajstić information content (AvgIpc) is 2.45.